The second kappa shape index (κ2) is 8.71. The smallest absolute Gasteiger partial charge is 0.264 e. The lowest BCUT2D eigenvalue weighted by Crippen LogP contribution is -2.26. The lowest BCUT2D eigenvalue weighted by molar-refractivity contribution is -0.120. The molecule has 144 valence electrons. The third-order valence-corrected chi connectivity index (χ3v) is 6.20. The van der Waals surface area contributed by atoms with Crippen LogP contribution in [0.15, 0.2) is 89.8 Å². The molecule has 0 heterocycles. The highest BCUT2D eigenvalue weighted by Crippen LogP contribution is 2.22. The molecule has 0 aliphatic rings. The zero-order chi connectivity index (χ0) is 20.0. The van der Waals surface area contributed by atoms with E-state index < -0.39 is 10.0 Å². The molecular weight excluding hydrogens is 372 g/mol. The maximum atomic E-state index is 12.7. The molecule has 0 saturated carbocycles. The number of sulfonamides is 1. The van der Waals surface area contributed by atoms with E-state index >= 15 is 0 Å². The second-order valence-corrected chi connectivity index (χ2v) is 8.36. The number of rotatable bonds is 7. The summed E-state index contributed by atoms with van der Waals surface area (Å²) in [4.78, 5) is 12.4. The first-order chi connectivity index (χ1) is 13.5. The van der Waals surface area contributed by atoms with E-state index in [2.05, 4.69) is 5.32 Å². The quantitative estimate of drug-likeness (QED) is 0.668. The van der Waals surface area contributed by atoms with Crippen molar-refractivity contribution < 1.29 is 13.2 Å². The standard InChI is InChI=1S/C22H22N2O3S/c1-24(28(26,27)21-10-6-3-7-11-21)20-14-12-18(13-15-20)16-22(25)23-17-19-8-4-2-5-9-19/h2-15H,16-17H2,1H3,(H,23,25). The van der Waals surface area contributed by atoms with Crippen molar-refractivity contribution in [2.75, 3.05) is 11.4 Å². The third kappa shape index (κ3) is 4.78. The van der Waals surface area contributed by atoms with Crippen molar-refractivity contribution in [1.82, 2.24) is 5.32 Å². The molecule has 3 aromatic carbocycles. The number of benzene rings is 3. The van der Waals surface area contributed by atoms with E-state index in [1.165, 1.54) is 11.4 Å². The van der Waals surface area contributed by atoms with E-state index in [1.807, 2.05) is 30.3 Å². The molecule has 1 N–H and O–H groups in total. The van der Waals surface area contributed by atoms with Gasteiger partial charge in [-0.15, -0.1) is 0 Å². The summed E-state index contributed by atoms with van der Waals surface area (Å²) in [6.07, 6.45) is 0.238. The highest BCUT2D eigenvalue weighted by atomic mass is 32.2. The molecule has 0 fully saturated rings. The summed E-state index contributed by atoms with van der Waals surface area (Å²) in [5.74, 6) is -0.0816. The Labute approximate surface area is 165 Å². The van der Waals surface area contributed by atoms with E-state index in [0.717, 1.165) is 11.1 Å². The summed E-state index contributed by atoms with van der Waals surface area (Å²) < 4.78 is 26.6. The van der Waals surface area contributed by atoms with Gasteiger partial charge < -0.3 is 5.32 Å². The average Bonchev–Trinajstić information content (AvgIpc) is 2.73. The number of nitrogens with one attached hydrogen (secondary N) is 1. The molecule has 0 spiro atoms. The van der Waals surface area contributed by atoms with Crippen molar-refractivity contribution >= 4 is 21.6 Å². The van der Waals surface area contributed by atoms with Crippen LogP contribution in [0.5, 0.6) is 0 Å². The van der Waals surface area contributed by atoms with Crippen LogP contribution in [-0.4, -0.2) is 21.4 Å². The van der Waals surface area contributed by atoms with Gasteiger partial charge in [0.25, 0.3) is 10.0 Å². The Morgan fingerprint density at radius 2 is 1.39 bits per heavy atom. The number of amides is 1. The number of hydrogen-bond donors (Lipinski definition) is 1. The molecule has 0 radical (unpaired) electrons. The Morgan fingerprint density at radius 1 is 0.821 bits per heavy atom. The van der Waals surface area contributed by atoms with Crippen LogP contribution in [0.3, 0.4) is 0 Å². The fourth-order valence-electron chi connectivity index (χ4n) is 2.76. The normalized spacial score (nSPS) is 11.0. The Morgan fingerprint density at radius 3 is 2.00 bits per heavy atom. The molecule has 3 rings (SSSR count). The van der Waals surface area contributed by atoms with Gasteiger partial charge in [-0.25, -0.2) is 8.42 Å². The molecule has 0 aliphatic heterocycles. The number of carbonyl (C=O) groups is 1. The van der Waals surface area contributed by atoms with E-state index in [9.17, 15) is 13.2 Å². The van der Waals surface area contributed by atoms with Crippen LogP contribution >= 0.6 is 0 Å². The summed E-state index contributed by atoms with van der Waals surface area (Å²) >= 11 is 0. The van der Waals surface area contributed by atoms with Crippen molar-refractivity contribution in [2.24, 2.45) is 0 Å². The first kappa shape index (κ1) is 19.6. The molecule has 0 unspecified atom stereocenters. The van der Waals surface area contributed by atoms with E-state index in [4.69, 9.17) is 0 Å². The summed E-state index contributed by atoms with van der Waals surface area (Å²) in [5.41, 5.74) is 2.40. The topological polar surface area (TPSA) is 66.5 Å². The minimum atomic E-state index is -3.61. The van der Waals surface area contributed by atoms with Crippen LogP contribution < -0.4 is 9.62 Å². The minimum Gasteiger partial charge on any atom is -0.352 e. The fraction of sp³-hybridized carbons (Fsp3) is 0.136. The van der Waals surface area contributed by atoms with Gasteiger partial charge in [-0.1, -0.05) is 60.7 Å². The van der Waals surface area contributed by atoms with Crippen molar-refractivity contribution in [2.45, 2.75) is 17.9 Å². The molecule has 3 aromatic rings. The van der Waals surface area contributed by atoms with Gasteiger partial charge in [0.2, 0.25) is 5.91 Å². The fourth-order valence-corrected chi connectivity index (χ4v) is 3.97. The Balaban J connectivity index is 1.62. The van der Waals surface area contributed by atoms with Crippen LogP contribution in [0.25, 0.3) is 0 Å². The molecule has 0 aromatic heterocycles. The van der Waals surface area contributed by atoms with Gasteiger partial charge >= 0.3 is 0 Å². The summed E-state index contributed by atoms with van der Waals surface area (Å²) in [7, 11) is -2.10. The van der Waals surface area contributed by atoms with E-state index in [0.29, 0.717) is 12.2 Å². The molecule has 5 nitrogen and oxygen atoms in total. The van der Waals surface area contributed by atoms with Crippen molar-refractivity contribution in [3.8, 4) is 0 Å². The van der Waals surface area contributed by atoms with Crippen LogP contribution in [0.1, 0.15) is 11.1 Å². The lowest BCUT2D eigenvalue weighted by atomic mass is 10.1. The molecule has 0 aliphatic carbocycles. The van der Waals surface area contributed by atoms with Crippen molar-refractivity contribution in [3.05, 3.63) is 96.1 Å². The zero-order valence-corrected chi connectivity index (χ0v) is 16.4. The molecular formula is C22H22N2O3S. The van der Waals surface area contributed by atoms with Crippen molar-refractivity contribution in [3.63, 3.8) is 0 Å². The molecule has 1 amide bonds. The van der Waals surface area contributed by atoms with Gasteiger partial charge in [0.1, 0.15) is 0 Å². The zero-order valence-electron chi connectivity index (χ0n) is 15.6. The van der Waals surface area contributed by atoms with E-state index in [-0.39, 0.29) is 17.2 Å². The summed E-state index contributed by atoms with van der Waals surface area (Å²) in [6, 6.07) is 25.0. The molecule has 0 bridgehead atoms. The molecule has 28 heavy (non-hydrogen) atoms. The van der Waals surface area contributed by atoms with Gasteiger partial charge in [0.05, 0.1) is 17.0 Å². The molecule has 0 atom stereocenters. The number of anilines is 1. The van der Waals surface area contributed by atoms with Gasteiger partial charge in [-0.3, -0.25) is 9.10 Å². The Kier molecular flexibility index (Phi) is 6.11. The molecule has 6 heteroatoms. The third-order valence-electron chi connectivity index (χ3n) is 4.40. The highest BCUT2D eigenvalue weighted by Gasteiger charge is 2.20. The summed E-state index contributed by atoms with van der Waals surface area (Å²) in [5, 5.41) is 2.89. The monoisotopic (exact) mass is 394 g/mol. The number of hydrogen-bond acceptors (Lipinski definition) is 3. The second-order valence-electron chi connectivity index (χ2n) is 6.39. The maximum Gasteiger partial charge on any atom is 0.264 e. The van der Waals surface area contributed by atoms with Gasteiger partial charge in [0.15, 0.2) is 0 Å². The van der Waals surface area contributed by atoms with Gasteiger partial charge in [-0.05, 0) is 35.4 Å². The Bertz CT molecular complexity index is 1020. The summed E-state index contributed by atoms with van der Waals surface area (Å²) in [6.45, 7) is 0.482. The average molecular weight is 394 g/mol. The van der Waals surface area contributed by atoms with Crippen LogP contribution in [0.2, 0.25) is 0 Å². The van der Waals surface area contributed by atoms with Crippen molar-refractivity contribution in [1.29, 1.82) is 0 Å². The minimum absolute atomic E-state index is 0.0816. The van der Waals surface area contributed by atoms with Crippen LogP contribution in [0, 0.1) is 0 Å². The van der Waals surface area contributed by atoms with Crippen LogP contribution in [-0.2, 0) is 27.8 Å². The highest BCUT2D eigenvalue weighted by molar-refractivity contribution is 7.92. The number of carbonyl (C=O) groups excluding carboxylic acids is 1. The largest absolute Gasteiger partial charge is 0.352 e. The first-order valence-corrected chi connectivity index (χ1v) is 10.3. The number of nitrogens with zero attached hydrogens (tertiary/aromatic N) is 1. The predicted octanol–water partition coefficient (Wildman–Crippen LogP) is 3.37. The van der Waals surface area contributed by atoms with Gasteiger partial charge in [-0.2, -0.15) is 0 Å². The van der Waals surface area contributed by atoms with Crippen LogP contribution in [0.4, 0.5) is 5.69 Å². The maximum absolute atomic E-state index is 12.7. The Hall–Kier alpha value is -3.12. The van der Waals surface area contributed by atoms with Gasteiger partial charge in [0, 0.05) is 13.6 Å². The molecule has 0 saturated heterocycles. The first-order valence-electron chi connectivity index (χ1n) is 8.90. The lowest BCUT2D eigenvalue weighted by Gasteiger charge is -2.19. The predicted molar refractivity (Wildman–Crippen MR) is 110 cm³/mol. The van der Waals surface area contributed by atoms with E-state index in [1.54, 1.807) is 54.6 Å². The SMILES string of the molecule is CN(c1ccc(CC(=O)NCc2ccccc2)cc1)S(=O)(=O)c1ccccc1.